The molecule has 2 fully saturated rings. The molecule has 0 radical (unpaired) electrons. The molecule has 1 aromatic carbocycles. The summed E-state index contributed by atoms with van der Waals surface area (Å²) in [5.74, 6) is -0.202. The minimum Gasteiger partial charge on any atom is -0.507 e. The third kappa shape index (κ3) is 4.71. The number of phenolic OH excluding ortho intramolecular Hbond substituents is 1. The summed E-state index contributed by atoms with van der Waals surface area (Å²) in [4.78, 5) is 15.3. The molecule has 2 aliphatic heterocycles. The lowest BCUT2D eigenvalue weighted by atomic mass is 9.84. The van der Waals surface area contributed by atoms with Gasteiger partial charge in [-0.3, -0.25) is 4.79 Å². The van der Waals surface area contributed by atoms with Crippen LogP contribution in [-0.4, -0.2) is 64.4 Å². The lowest BCUT2D eigenvalue weighted by Crippen LogP contribution is -2.58. The molecular formula is C25H32FN5O2. The first kappa shape index (κ1) is 23.2. The number of halogens is 1. The van der Waals surface area contributed by atoms with Crippen molar-refractivity contribution in [2.45, 2.75) is 56.7 Å². The van der Waals surface area contributed by atoms with Gasteiger partial charge in [-0.15, -0.1) is 10.2 Å². The highest BCUT2D eigenvalue weighted by atomic mass is 19.1. The average molecular weight is 454 g/mol. The molecule has 4 rings (SSSR count). The van der Waals surface area contributed by atoms with Gasteiger partial charge in [-0.05, 0) is 69.9 Å². The Morgan fingerprint density at radius 1 is 1.15 bits per heavy atom. The summed E-state index contributed by atoms with van der Waals surface area (Å²) in [5, 5.41) is 22.9. The van der Waals surface area contributed by atoms with Gasteiger partial charge in [0.25, 0.3) is 0 Å². The standard InChI is InChI=1S/C25H32FN5O2/c1-24-10-11-25(2,29-24)15-17(14-24)31(5)22-8-7-20(27-28-22)18-13-19(26)16(12-21(18)32)6-9-23(33)30(3)4/h6-9,12-13,17,29,32H,10-11,14-15H2,1-5H3/b9-6+/t17-,24+,25-. The molecule has 7 nitrogen and oxygen atoms in total. The molecule has 2 bridgehead atoms. The van der Waals surface area contributed by atoms with Gasteiger partial charge in [0.15, 0.2) is 5.82 Å². The molecule has 0 saturated carbocycles. The second kappa shape index (κ2) is 8.41. The molecule has 0 aliphatic carbocycles. The number of carbonyl (C=O) groups excluding carboxylic acids is 1. The highest BCUT2D eigenvalue weighted by molar-refractivity contribution is 5.91. The number of hydrogen-bond donors (Lipinski definition) is 2. The summed E-state index contributed by atoms with van der Waals surface area (Å²) in [6.07, 6.45) is 7.04. The van der Waals surface area contributed by atoms with Gasteiger partial charge < -0.3 is 20.2 Å². The third-order valence-corrected chi connectivity index (χ3v) is 7.00. The van der Waals surface area contributed by atoms with Crippen LogP contribution < -0.4 is 10.2 Å². The first-order valence-electron chi connectivity index (χ1n) is 11.3. The van der Waals surface area contributed by atoms with Crippen molar-refractivity contribution < 1.29 is 14.3 Å². The number of rotatable bonds is 5. The predicted molar refractivity (Wildman–Crippen MR) is 127 cm³/mol. The van der Waals surface area contributed by atoms with Gasteiger partial charge >= 0.3 is 0 Å². The van der Waals surface area contributed by atoms with E-state index in [-0.39, 0.29) is 33.9 Å². The fourth-order valence-electron chi connectivity index (χ4n) is 5.16. The molecule has 8 heteroatoms. The third-order valence-electron chi connectivity index (χ3n) is 7.00. The smallest absolute Gasteiger partial charge is 0.246 e. The number of phenols is 1. The van der Waals surface area contributed by atoms with Gasteiger partial charge in [-0.2, -0.15) is 0 Å². The van der Waals surface area contributed by atoms with Gasteiger partial charge in [-0.1, -0.05) is 0 Å². The number of anilines is 1. The van der Waals surface area contributed by atoms with Crippen LogP contribution in [0.25, 0.3) is 17.3 Å². The second-order valence-electron chi connectivity index (χ2n) is 10.2. The van der Waals surface area contributed by atoms with Crippen LogP contribution in [0.1, 0.15) is 45.1 Å². The van der Waals surface area contributed by atoms with E-state index in [2.05, 4.69) is 34.3 Å². The molecule has 2 aliphatic rings. The number of aromatic nitrogens is 2. The van der Waals surface area contributed by atoms with Crippen molar-refractivity contribution in [3.05, 3.63) is 41.7 Å². The van der Waals surface area contributed by atoms with Crippen LogP contribution in [0.5, 0.6) is 5.75 Å². The van der Waals surface area contributed by atoms with Crippen molar-refractivity contribution in [1.82, 2.24) is 20.4 Å². The Bertz CT molecular complexity index is 1070. The van der Waals surface area contributed by atoms with Gasteiger partial charge in [0.05, 0.1) is 5.69 Å². The molecule has 2 aromatic rings. The number of likely N-dealkylation sites (N-methyl/N-ethyl adjacent to an activating group) is 1. The van der Waals surface area contributed by atoms with Crippen molar-refractivity contribution in [3.8, 4) is 17.0 Å². The number of fused-ring (bicyclic) bond motifs is 2. The molecule has 176 valence electrons. The fourth-order valence-corrected chi connectivity index (χ4v) is 5.16. The maximum Gasteiger partial charge on any atom is 0.246 e. The molecule has 1 aromatic heterocycles. The maximum atomic E-state index is 14.6. The van der Waals surface area contributed by atoms with Crippen LogP contribution in [0.4, 0.5) is 10.2 Å². The molecule has 3 heterocycles. The van der Waals surface area contributed by atoms with Crippen molar-refractivity contribution in [3.63, 3.8) is 0 Å². The van der Waals surface area contributed by atoms with E-state index in [1.54, 1.807) is 20.2 Å². The number of benzene rings is 1. The Balaban J connectivity index is 1.52. The molecule has 2 saturated heterocycles. The fraction of sp³-hybridized carbons (Fsp3) is 0.480. The maximum absolute atomic E-state index is 14.6. The largest absolute Gasteiger partial charge is 0.507 e. The number of piperidine rings is 1. The number of carbonyl (C=O) groups is 1. The van der Waals surface area contributed by atoms with E-state index in [4.69, 9.17) is 0 Å². The molecule has 33 heavy (non-hydrogen) atoms. The molecule has 2 N–H and O–H groups in total. The predicted octanol–water partition coefficient (Wildman–Crippen LogP) is 3.59. The Hall–Kier alpha value is -3.00. The number of nitrogens with one attached hydrogen (secondary N) is 1. The van der Waals surface area contributed by atoms with Crippen molar-refractivity contribution in [2.24, 2.45) is 0 Å². The summed E-state index contributed by atoms with van der Waals surface area (Å²) in [7, 11) is 5.26. The lowest BCUT2D eigenvalue weighted by molar-refractivity contribution is -0.123. The molecule has 3 atom stereocenters. The molecule has 0 unspecified atom stereocenters. The zero-order chi connectivity index (χ0) is 24.0. The zero-order valence-electron chi connectivity index (χ0n) is 19.9. The first-order chi connectivity index (χ1) is 15.5. The highest BCUT2D eigenvalue weighted by Gasteiger charge is 2.49. The zero-order valence-corrected chi connectivity index (χ0v) is 19.9. The van der Waals surface area contributed by atoms with Gasteiger partial charge in [-0.25, -0.2) is 4.39 Å². The quantitative estimate of drug-likeness (QED) is 0.674. The lowest BCUT2D eigenvalue weighted by Gasteiger charge is -2.45. The van der Waals surface area contributed by atoms with Crippen LogP contribution in [0.15, 0.2) is 30.3 Å². The van der Waals surface area contributed by atoms with E-state index in [9.17, 15) is 14.3 Å². The number of hydrogen-bond acceptors (Lipinski definition) is 6. The van der Waals surface area contributed by atoms with Gasteiger partial charge in [0.1, 0.15) is 11.6 Å². The normalized spacial score (nSPS) is 26.5. The van der Waals surface area contributed by atoms with Crippen LogP contribution >= 0.6 is 0 Å². The highest BCUT2D eigenvalue weighted by Crippen LogP contribution is 2.43. The van der Waals surface area contributed by atoms with Crippen molar-refractivity contribution in [2.75, 3.05) is 26.0 Å². The van der Waals surface area contributed by atoms with Crippen LogP contribution in [-0.2, 0) is 4.79 Å². The van der Waals surface area contributed by atoms with Crippen LogP contribution in [0.3, 0.4) is 0 Å². The van der Waals surface area contributed by atoms with E-state index in [1.165, 1.54) is 42.0 Å². The summed E-state index contributed by atoms with van der Waals surface area (Å²) in [6, 6.07) is 6.47. The minimum atomic E-state index is -0.555. The topological polar surface area (TPSA) is 81.6 Å². The van der Waals surface area contributed by atoms with E-state index in [0.29, 0.717) is 11.7 Å². The Morgan fingerprint density at radius 2 is 1.82 bits per heavy atom. The second-order valence-corrected chi connectivity index (χ2v) is 10.2. The van der Waals surface area contributed by atoms with Gasteiger partial charge in [0.2, 0.25) is 5.91 Å². The van der Waals surface area contributed by atoms with Gasteiger partial charge in [0, 0.05) is 55.5 Å². The Morgan fingerprint density at radius 3 is 2.39 bits per heavy atom. The van der Waals surface area contributed by atoms with Crippen molar-refractivity contribution >= 4 is 17.8 Å². The Kier molecular flexibility index (Phi) is 5.90. The summed E-state index contributed by atoms with van der Waals surface area (Å²) < 4.78 is 14.6. The van der Waals surface area contributed by atoms with E-state index in [0.717, 1.165) is 18.7 Å². The number of aromatic hydroxyl groups is 1. The minimum absolute atomic E-state index is 0.123. The number of nitrogens with zero attached hydrogens (tertiary/aromatic N) is 4. The first-order valence-corrected chi connectivity index (χ1v) is 11.3. The molecule has 0 spiro atoms. The number of amides is 1. The summed E-state index contributed by atoms with van der Waals surface area (Å²) in [5.41, 5.74) is 1.06. The monoisotopic (exact) mass is 453 g/mol. The molecule has 1 amide bonds. The van der Waals surface area contributed by atoms with E-state index in [1.807, 2.05) is 13.1 Å². The molecular weight excluding hydrogens is 421 g/mol. The summed E-state index contributed by atoms with van der Waals surface area (Å²) in [6.45, 7) is 4.58. The van der Waals surface area contributed by atoms with Crippen LogP contribution in [0.2, 0.25) is 0 Å². The van der Waals surface area contributed by atoms with Crippen LogP contribution in [0, 0.1) is 5.82 Å². The Labute approximate surface area is 194 Å². The SMILES string of the molecule is CN(C)C(=O)/C=C/c1cc(O)c(-c2ccc(N(C)[C@@H]3C[C@]4(C)CC[C@](C)(C3)N4)nn2)cc1F. The average Bonchev–Trinajstić information content (AvgIpc) is 2.99. The van der Waals surface area contributed by atoms with Crippen molar-refractivity contribution in [1.29, 1.82) is 0 Å². The summed E-state index contributed by atoms with van der Waals surface area (Å²) >= 11 is 0. The van der Waals surface area contributed by atoms with E-state index >= 15 is 0 Å². The van der Waals surface area contributed by atoms with E-state index < -0.39 is 5.82 Å².